The largest absolute Gasteiger partial charge is 0.443 e. The van der Waals surface area contributed by atoms with Crippen LogP contribution in [0.5, 0.6) is 0 Å². The molecule has 0 aliphatic heterocycles. The van der Waals surface area contributed by atoms with Crippen LogP contribution in [0, 0.1) is 12.7 Å². The first-order valence-electron chi connectivity index (χ1n) is 6.00. The average Bonchev–Trinajstić information content (AvgIpc) is 2.77. The van der Waals surface area contributed by atoms with Crippen molar-refractivity contribution in [2.24, 2.45) is 0 Å². The van der Waals surface area contributed by atoms with Gasteiger partial charge in [-0.3, -0.25) is 0 Å². The third-order valence-electron chi connectivity index (χ3n) is 2.69. The molecule has 1 N–H and O–H groups in total. The quantitative estimate of drug-likeness (QED) is 0.902. The maximum absolute atomic E-state index is 13.8. The van der Waals surface area contributed by atoms with Crippen LogP contribution in [-0.4, -0.2) is 11.0 Å². The summed E-state index contributed by atoms with van der Waals surface area (Å²) < 4.78 is 19.1. The van der Waals surface area contributed by atoms with Gasteiger partial charge in [0.1, 0.15) is 11.5 Å². The first-order valence-corrected chi connectivity index (χ1v) is 6.00. The molecule has 0 saturated carbocycles. The number of rotatable bonds is 4. The molecule has 2 rings (SSSR count). The highest BCUT2D eigenvalue weighted by molar-refractivity contribution is 5.61. The third-order valence-corrected chi connectivity index (χ3v) is 2.69. The zero-order valence-corrected chi connectivity index (χ0v) is 10.8. The van der Waals surface area contributed by atoms with Crippen LogP contribution in [-0.2, 0) is 6.54 Å². The third kappa shape index (κ3) is 2.76. The molecule has 18 heavy (non-hydrogen) atoms. The summed E-state index contributed by atoms with van der Waals surface area (Å²) in [4.78, 5) is 4.14. The second kappa shape index (κ2) is 5.31. The first-order chi connectivity index (χ1) is 8.58. The fourth-order valence-electron chi connectivity index (χ4n) is 1.73. The summed E-state index contributed by atoms with van der Waals surface area (Å²) in [6, 6.07) is 5.31. The Labute approximate surface area is 106 Å². The Bertz CT molecular complexity index is 534. The van der Waals surface area contributed by atoms with Gasteiger partial charge in [0.25, 0.3) is 0 Å². The average molecular weight is 248 g/mol. The van der Waals surface area contributed by atoms with Crippen molar-refractivity contribution in [2.45, 2.75) is 33.4 Å². The Kier molecular flexibility index (Phi) is 3.77. The smallest absolute Gasteiger partial charge is 0.181 e. The van der Waals surface area contributed by atoms with E-state index in [0.29, 0.717) is 23.9 Å². The number of benzene rings is 1. The van der Waals surface area contributed by atoms with Crippen LogP contribution in [0.3, 0.4) is 0 Å². The SMILES string of the molecule is Cc1ccc(F)c(-c2ocnc2CNC(C)C)c1. The molecule has 1 heterocycles. The number of oxazole rings is 1. The van der Waals surface area contributed by atoms with Gasteiger partial charge in [-0.15, -0.1) is 0 Å². The van der Waals surface area contributed by atoms with E-state index in [4.69, 9.17) is 4.42 Å². The van der Waals surface area contributed by atoms with Gasteiger partial charge >= 0.3 is 0 Å². The van der Waals surface area contributed by atoms with Crippen molar-refractivity contribution in [1.82, 2.24) is 10.3 Å². The lowest BCUT2D eigenvalue weighted by Gasteiger charge is -2.07. The lowest BCUT2D eigenvalue weighted by Crippen LogP contribution is -2.22. The van der Waals surface area contributed by atoms with Crippen molar-refractivity contribution >= 4 is 0 Å². The second-order valence-corrected chi connectivity index (χ2v) is 4.65. The van der Waals surface area contributed by atoms with E-state index >= 15 is 0 Å². The predicted octanol–water partition coefficient (Wildman–Crippen LogP) is 3.29. The van der Waals surface area contributed by atoms with Crippen LogP contribution in [0.25, 0.3) is 11.3 Å². The highest BCUT2D eigenvalue weighted by Crippen LogP contribution is 2.26. The van der Waals surface area contributed by atoms with Gasteiger partial charge in [0.2, 0.25) is 0 Å². The first kappa shape index (κ1) is 12.8. The minimum Gasteiger partial charge on any atom is -0.443 e. The van der Waals surface area contributed by atoms with Gasteiger partial charge in [-0.2, -0.15) is 0 Å². The Morgan fingerprint density at radius 1 is 1.39 bits per heavy atom. The molecule has 0 aliphatic carbocycles. The Hall–Kier alpha value is -1.68. The molecule has 0 fully saturated rings. The molecule has 0 atom stereocenters. The van der Waals surface area contributed by atoms with Crippen molar-refractivity contribution < 1.29 is 8.81 Å². The zero-order valence-electron chi connectivity index (χ0n) is 10.8. The monoisotopic (exact) mass is 248 g/mol. The Balaban J connectivity index is 2.33. The van der Waals surface area contributed by atoms with Crippen molar-refractivity contribution in [3.63, 3.8) is 0 Å². The highest BCUT2D eigenvalue weighted by atomic mass is 19.1. The Morgan fingerprint density at radius 2 is 2.17 bits per heavy atom. The second-order valence-electron chi connectivity index (χ2n) is 4.65. The van der Waals surface area contributed by atoms with Gasteiger partial charge in [0.05, 0.1) is 5.56 Å². The summed E-state index contributed by atoms with van der Waals surface area (Å²) in [7, 11) is 0. The van der Waals surface area contributed by atoms with Crippen molar-refractivity contribution in [3.8, 4) is 11.3 Å². The van der Waals surface area contributed by atoms with Gasteiger partial charge in [0.15, 0.2) is 12.2 Å². The standard InChI is InChI=1S/C14H17FN2O/c1-9(2)16-7-13-14(18-8-17-13)11-6-10(3)4-5-12(11)15/h4-6,8-9,16H,7H2,1-3H3. The number of nitrogens with zero attached hydrogens (tertiary/aromatic N) is 1. The van der Waals surface area contributed by atoms with Gasteiger partial charge in [-0.1, -0.05) is 25.5 Å². The summed E-state index contributed by atoms with van der Waals surface area (Å²) in [6.07, 6.45) is 1.36. The Morgan fingerprint density at radius 3 is 2.89 bits per heavy atom. The molecule has 0 aliphatic rings. The summed E-state index contributed by atoms with van der Waals surface area (Å²) in [5.74, 6) is 0.215. The predicted molar refractivity (Wildman–Crippen MR) is 68.6 cm³/mol. The topological polar surface area (TPSA) is 38.1 Å². The van der Waals surface area contributed by atoms with Crippen molar-refractivity contribution in [1.29, 1.82) is 0 Å². The lowest BCUT2D eigenvalue weighted by atomic mass is 10.1. The molecular weight excluding hydrogens is 231 g/mol. The van der Waals surface area contributed by atoms with Crippen LogP contribution in [0.1, 0.15) is 25.1 Å². The van der Waals surface area contributed by atoms with Crippen LogP contribution >= 0.6 is 0 Å². The van der Waals surface area contributed by atoms with Crippen LogP contribution < -0.4 is 5.32 Å². The van der Waals surface area contributed by atoms with Gasteiger partial charge in [-0.05, 0) is 19.1 Å². The lowest BCUT2D eigenvalue weighted by molar-refractivity contribution is 0.554. The molecule has 1 aromatic carbocycles. The highest BCUT2D eigenvalue weighted by Gasteiger charge is 2.15. The molecule has 0 bridgehead atoms. The summed E-state index contributed by atoms with van der Waals surface area (Å²) >= 11 is 0. The molecule has 4 heteroatoms. The van der Waals surface area contributed by atoms with E-state index in [2.05, 4.69) is 10.3 Å². The molecular formula is C14H17FN2O. The molecule has 0 unspecified atom stereocenters. The molecule has 0 amide bonds. The van der Waals surface area contributed by atoms with Crippen LogP contribution in [0.15, 0.2) is 29.0 Å². The van der Waals surface area contributed by atoms with E-state index in [1.54, 1.807) is 12.1 Å². The zero-order chi connectivity index (χ0) is 13.1. The maximum atomic E-state index is 13.8. The summed E-state index contributed by atoms with van der Waals surface area (Å²) in [5, 5.41) is 3.25. The molecule has 3 nitrogen and oxygen atoms in total. The minimum absolute atomic E-state index is 0.289. The van der Waals surface area contributed by atoms with E-state index in [-0.39, 0.29) is 5.82 Å². The fourth-order valence-corrected chi connectivity index (χ4v) is 1.73. The molecule has 0 spiro atoms. The number of aryl methyl sites for hydroxylation is 1. The van der Waals surface area contributed by atoms with Gasteiger partial charge in [-0.25, -0.2) is 9.37 Å². The maximum Gasteiger partial charge on any atom is 0.181 e. The number of hydrogen-bond donors (Lipinski definition) is 1. The number of aromatic nitrogens is 1. The molecule has 0 radical (unpaired) electrons. The van der Waals surface area contributed by atoms with E-state index < -0.39 is 0 Å². The van der Waals surface area contributed by atoms with Crippen molar-refractivity contribution in [2.75, 3.05) is 0 Å². The molecule has 1 aromatic heterocycles. The number of halogens is 1. The van der Waals surface area contributed by atoms with E-state index in [9.17, 15) is 4.39 Å². The molecule has 2 aromatic rings. The molecule has 0 saturated heterocycles. The van der Waals surface area contributed by atoms with E-state index in [0.717, 1.165) is 11.3 Å². The van der Waals surface area contributed by atoms with Crippen molar-refractivity contribution in [3.05, 3.63) is 41.7 Å². The summed E-state index contributed by atoms with van der Waals surface area (Å²) in [5.41, 5.74) is 2.19. The van der Waals surface area contributed by atoms with Crippen LogP contribution in [0.2, 0.25) is 0 Å². The number of nitrogens with one attached hydrogen (secondary N) is 1. The van der Waals surface area contributed by atoms with E-state index in [1.165, 1.54) is 12.5 Å². The normalized spacial score (nSPS) is 11.2. The van der Waals surface area contributed by atoms with Gasteiger partial charge in [0, 0.05) is 12.6 Å². The fraction of sp³-hybridized carbons (Fsp3) is 0.357. The van der Waals surface area contributed by atoms with E-state index in [1.807, 2.05) is 20.8 Å². The van der Waals surface area contributed by atoms with Crippen LogP contribution in [0.4, 0.5) is 4.39 Å². The molecule has 96 valence electrons. The van der Waals surface area contributed by atoms with Gasteiger partial charge < -0.3 is 9.73 Å². The minimum atomic E-state index is -0.289. The number of hydrogen-bond acceptors (Lipinski definition) is 3. The summed E-state index contributed by atoms with van der Waals surface area (Å²) in [6.45, 7) is 6.59.